The molecule has 3 aliphatic rings. The third-order valence-electron chi connectivity index (χ3n) is 6.72. The summed E-state index contributed by atoms with van der Waals surface area (Å²) in [7, 11) is 0. The van der Waals surface area contributed by atoms with E-state index < -0.39 is 6.10 Å². The summed E-state index contributed by atoms with van der Waals surface area (Å²) in [5, 5.41) is 0.796. The molecule has 2 aliphatic heterocycles. The van der Waals surface area contributed by atoms with Crippen molar-refractivity contribution in [3.05, 3.63) is 50.9 Å². The number of amides is 1. The van der Waals surface area contributed by atoms with E-state index in [-0.39, 0.29) is 18.1 Å². The minimum atomic E-state index is -0.614. The highest BCUT2D eigenvalue weighted by molar-refractivity contribution is 7.18. The average Bonchev–Trinajstić information content (AvgIpc) is 3.22. The average molecular weight is 467 g/mol. The molecule has 0 radical (unpaired) electrons. The van der Waals surface area contributed by atoms with Crippen LogP contribution in [0.5, 0.6) is 11.5 Å². The third-order valence-corrected chi connectivity index (χ3v) is 7.90. The molecular formula is C24H26N4O4S. The minimum Gasteiger partial charge on any atom is -0.485 e. The number of ether oxygens (including phenoxy) is 2. The first-order valence-corrected chi connectivity index (χ1v) is 12.4. The molecule has 1 aliphatic carbocycles. The monoisotopic (exact) mass is 466 g/mol. The number of carbonyl (C=O) groups is 1. The van der Waals surface area contributed by atoms with Gasteiger partial charge in [0, 0.05) is 31.1 Å². The molecule has 9 heteroatoms. The predicted octanol–water partition coefficient (Wildman–Crippen LogP) is 2.35. The topological polar surface area (TPSA) is 87.8 Å². The van der Waals surface area contributed by atoms with Gasteiger partial charge in [-0.05, 0) is 43.4 Å². The van der Waals surface area contributed by atoms with Crippen LogP contribution in [-0.2, 0) is 24.2 Å². The number of benzene rings is 1. The lowest BCUT2D eigenvalue weighted by Gasteiger charge is -2.36. The van der Waals surface area contributed by atoms with Gasteiger partial charge in [-0.3, -0.25) is 14.5 Å². The third kappa shape index (κ3) is 3.89. The molecule has 1 amide bonds. The van der Waals surface area contributed by atoms with Crippen molar-refractivity contribution in [2.24, 2.45) is 0 Å². The molecule has 2 aromatic heterocycles. The van der Waals surface area contributed by atoms with Gasteiger partial charge in [0.25, 0.3) is 11.5 Å². The van der Waals surface area contributed by atoms with Gasteiger partial charge >= 0.3 is 0 Å². The number of aromatic amines is 1. The van der Waals surface area contributed by atoms with Crippen LogP contribution in [0.1, 0.15) is 29.1 Å². The summed E-state index contributed by atoms with van der Waals surface area (Å²) >= 11 is 1.68. The Morgan fingerprint density at radius 1 is 1.12 bits per heavy atom. The summed E-state index contributed by atoms with van der Waals surface area (Å²) in [6, 6.07) is 7.42. The zero-order valence-corrected chi connectivity index (χ0v) is 19.2. The van der Waals surface area contributed by atoms with Gasteiger partial charge in [-0.2, -0.15) is 0 Å². The molecular weight excluding hydrogens is 440 g/mol. The quantitative estimate of drug-likeness (QED) is 0.638. The molecule has 6 rings (SSSR count). The van der Waals surface area contributed by atoms with Crippen molar-refractivity contribution >= 4 is 27.5 Å². The van der Waals surface area contributed by atoms with Gasteiger partial charge in [-0.25, -0.2) is 4.98 Å². The van der Waals surface area contributed by atoms with Crippen LogP contribution in [0.25, 0.3) is 10.2 Å². The summed E-state index contributed by atoms with van der Waals surface area (Å²) in [5.74, 6) is 1.95. The van der Waals surface area contributed by atoms with E-state index in [1.165, 1.54) is 16.9 Å². The largest absolute Gasteiger partial charge is 0.485 e. The zero-order valence-electron chi connectivity index (χ0n) is 18.3. The lowest BCUT2D eigenvalue weighted by atomic mass is 9.97. The summed E-state index contributed by atoms with van der Waals surface area (Å²) in [5.41, 5.74) is 1.20. The van der Waals surface area contributed by atoms with E-state index in [1.54, 1.807) is 11.3 Å². The van der Waals surface area contributed by atoms with Crippen molar-refractivity contribution in [3.8, 4) is 11.5 Å². The Labute approximate surface area is 195 Å². The second-order valence-electron chi connectivity index (χ2n) is 8.87. The zero-order chi connectivity index (χ0) is 22.4. The number of aromatic nitrogens is 2. The van der Waals surface area contributed by atoms with E-state index in [0.29, 0.717) is 37.0 Å². The van der Waals surface area contributed by atoms with Crippen molar-refractivity contribution in [1.29, 1.82) is 0 Å². The van der Waals surface area contributed by atoms with Gasteiger partial charge < -0.3 is 19.4 Å². The number of rotatable bonds is 3. The first kappa shape index (κ1) is 20.7. The Balaban J connectivity index is 1.09. The van der Waals surface area contributed by atoms with Crippen LogP contribution in [0, 0.1) is 0 Å². The highest BCUT2D eigenvalue weighted by atomic mass is 32.1. The van der Waals surface area contributed by atoms with Gasteiger partial charge in [-0.1, -0.05) is 12.1 Å². The molecule has 0 bridgehead atoms. The number of carbonyl (C=O) groups excluding carboxylic acids is 1. The number of hydrogen-bond acceptors (Lipinski definition) is 7. The van der Waals surface area contributed by atoms with Gasteiger partial charge in [0.05, 0.1) is 11.9 Å². The number of piperazine rings is 1. The van der Waals surface area contributed by atoms with Crippen LogP contribution >= 0.6 is 11.3 Å². The molecule has 0 saturated carbocycles. The van der Waals surface area contributed by atoms with Crippen LogP contribution in [0.2, 0.25) is 0 Å². The van der Waals surface area contributed by atoms with E-state index in [9.17, 15) is 9.59 Å². The van der Waals surface area contributed by atoms with E-state index in [4.69, 9.17) is 14.5 Å². The van der Waals surface area contributed by atoms with Crippen molar-refractivity contribution in [2.45, 2.75) is 38.3 Å². The molecule has 1 saturated heterocycles. The maximum Gasteiger partial charge on any atom is 0.267 e. The highest BCUT2D eigenvalue weighted by Crippen LogP contribution is 2.34. The molecule has 0 unspecified atom stereocenters. The molecule has 1 atom stereocenters. The predicted molar refractivity (Wildman–Crippen MR) is 125 cm³/mol. The van der Waals surface area contributed by atoms with E-state index >= 15 is 0 Å². The number of aryl methyl sites for hydroxylation is 2. The van der Waals surface area contributed by atoms with Gasteiger partial charge in [-0.15, -0.1) is 11.3 Å². The van der Waals surface area contributed by atoms with Crippen molar-refractivity contribution in [2.75, 3.05) is 32.8 Å². The Morgan fingerprint density at radius 3 is 2.76 bits per heavy atom. The van der Waals surface area contributed by atoms with Crippen molar-refractivity contribution in [1.82, 2.24) is 19.8 Å². The van der Waals surface area contributed by atoms with Gasteiger partial charge in [0.1, 0.15) is 17.3 Å². The Morgan fingerprint density at radius 2 is 1.91 bits per heavy atom. The number of fused-ring (bicyclic) bond motifs is 4. The highest BCUT2D eigenvalue weighted by Gasteiger charge is 2.33. The van der Waals surface area contributed by atoms with Crippen LogP contribution in [0.4, 0.5) is 0 Å². The molecule has 4 heterocycles. The van der Waals surface area contributed by atoms with Gasteiger partial charge in [0.2, 0.25) is 6.10 Å². The molecule has 0 spiro atoms. The fourth-order valence-electron chi connectivity index (χ4n) is 4.97. The second-order valence-corrected chi connectivity index (χ2v) is 9.95. The number of nitrogens with zero attached hydrogens (tertiary/aromatic N) is 3. The number of para-hydroxylation sites is 2. The summed E-state index contributed by atoms with van der Waals surface area (Å²) in [4.78, 5) is 39.8. The fraction of sp³-hybridized carbons (Fsp3) is 0.458. The Hall–Kier alpha value is -2.91. The lowest BCUT2D eigenvalue weighted by molar-refractivity contribution is -0.143. The Kier molecular flexibility index (Phi) is 5.30. The van der Waals surface area contributed by atoms with E-state index in [1.807, 2.05) is 29.2 Å². The molecule has 3 aromatic rings. The summed E-state index contributed by atoms with van der Waals surface area (Å²) in [6.07, 6.45) is 3.77. The van der Waals surface area contributed by atoms with Crippen molar-refractivity contribution < 1.29 is 14.3 Å². The van der Waals surface area contributed by atoms with Gasteiger partial charge in [0.15, 0.2) is 11.5 Å². The SMILES string of the molecule is O=C([C@H]1COc2ccccc2O1)N1CCN(Cc2nc3sc4c(c3c(=O)[nH]2)CCCC4)CC1. The molecule has 8 nitrogen and oxygen atoms in total. The van der Waals surface area contributed by atoms with Crippen LogP contribution < -0.4 is 15.0 Å². The smallest absolute Gasteiger partial charge is 0.267 e. The maximum atomic E-state index is 13.0. The molecule has 1 N–H and O–H groups in total. The summed E-state index contributed by atoms with van der Waals surface area (Å²) in [6.45, 7) is 3.47. The number of H-pyrrole nitrogens is 1. The fourth-order valence-corrected chi connectivity index (χ4v) is 6.25. The summed E-state index contributed by atoms with van der Waals surface area (Å²) < 4.78 is 11.6. The maximum absolute atomic E-state index is 13.0. The van der Waals surface area contributed by atoms with Crippen LogP contribution in [0.15, 0.2) is 29.1 Å². The standard InChI is InChI=1S/C24H26N4O4S/c29-22-21-15-5-1-4-8-19(15)33-23(21)26-20(25-22)13-27-9-11-28(12-10-27)24(30)18-14-31-16-6-2-3-7-17(16)32-18/h2-3,6-7,18H,1,4-5,8-14H2,(H,25,26,29)/t18-/m1/s1. The molecule has 1 fully saturated rings. The first-order chi connectivity index (χ1) is 16.2. The van der Waals surface area contributed by atoms with Crippen molar-refractivity contribution in [3.63, 3.8) is 0 Å². The molecule has 1 aromatic carbocycles. The van der Waals surface area contributed by atoms with E-state index in [2.05, 4.69) is 9.88 Å². The lowest BCUT2D eigenvalue weighted by Crippen LogP contribution is -2.53. The van der Waals surface area contributed by atoms with Crippen LogP contribution in [0.3, 0.4) is 0 Å². The first-order valence-electron chi connectivity index (χ1n) is 11.6. The second kappa shape index (κ2) is 8.46. The van der Waals surface area contributed by atoms with E-state index in [0.717, 1.165) is 42.6 Å². The Bertz CT molecular complexity index is 1260. The number of nitrogens with one attached hydrogen (secondary N) is 1. The normalized spacial score (nSPS) is 20.6. The minimum absolute atomic E-state index is 0.0158. The molecule has 172 valence electrons. The van der Waals surface area contributed by atoms with Crippen LogP contribution in [-0.4, -0.2) is 64.6 Å². The number of hydrogen-bond donors (Lipinski definition) is 1. The number of thiophene rings is 1. The molecule has 33 heavy (non-hydrogen) atoms.